The molecule has 0 bridgehead atoms. The molecule has 0 fully saturated rings. The summed E-state index contributed by atoms with van der Waals surface area (Å²) in [6.45, 7) is 3.23. The fourth-order valence-electron chi connectivity index (χ4n) is 1.77. The maximum absolute atomic E-state index is 11.8. The van der Waals surface area contributed by atoms with Crippen LogP contribution in [0.15, 0.2) is 30.3 Å². The first-order valence-corrected chi connectivity index (χ1v) is 8.40. The molecule has 0 aliphatic carbocycles. The summed E-state index contributed by atoms with van der Waals surface area (Å²) in [5, 5.41) is 0. The Labute approximate surface area is 116 Å². The van der Waals surface area contributed by atoms with Crippen LogP contribution < -0.4 is 10.5 Å². The first-order valence-electron chi connectivity index (χ1n) is 6.75. The van der Waals surface area contributed by atoms with Crippen molar-refractivity contribution < 1.29 is 8.42 Å². The van der Waals surface area contributed by atoms with E-state index in [1.807, 2.05) is 30.3 Å². The van der Waals surface area contributed by atoms with Crippen molar-refractivity contribution in [2.75, 3.05) is 18.8 Å². The molecule has 1 rings (SSSR count). The molecule has 1 aromatic carbocycles. The minimum Gasteiger partial charge on any atom is -0.330 e. The van der Waals surface area contributed by atoms with Crippen molar-refractivity contribution in [3.05, 3.63) is 35.9 Å². The molecule has 1 unspecified atom stereocenters. The van der Waals surface area contributed by atoms with Gasteiger partial charge in [-0.25, -0.2) is 13.1 Å². The summed E-state index contributed by atoms with van der Waals surface area (Å²) in [7, 11) is -3.17. The van der Waals surface area contributed by atoms with Crippen molar-refractivity contribution in [2.45, 2.75) is 26.2 Å². The van der Waals surface area contributed by atoms with Gasteiger partial charge in [-0.3, -0.25) is 0 Å². The molecule has 0 heterocycles. The van der Waals surface area contributed by atoms with Crippen molar-refractivity contribution in [2.24, 2.45) is 11.7 Å². The van der Waals surface area contributed by atoms with Crippen molar-refractivity contribution in [1.29, 1.82) is 0 Å². The summed E-state index contributed by atoms with van der Waals surface area (Å²) < 4.78 is 26.2. The number of hydrogen-bond donors (Lipinski definition) is 2. The molecule has 0 amide bonds. The van der Waals surface area contributed by atoms with Crippen molar-refractivity contribution in [3.8, 4) is 0 Å². The number of nitrogens with two attached hydrogens (primary N) is 1. The van der Waals surface area contributed by atoms with E-state index in [9.17, 15) is 8.42 Å². The molecule has 19 heavy (non-hydrogen) atoms. The van der Waals surface area contributed by atoms with E-state index in [0.717, 1.165) is 18.4 Å². The first-order chi connectivity index (χ1) is 9.03. The van der Waals surface area contributed by atoms with Gasteiger partial charge in [0.1, 0.15) is 0 Å². The number of hydrogen-bond acceptors (Lipinski definition) is 3. The highest BCUT2D eigenvalue weighted by atomic mass is 32.2. The molecule has 4 nitrogen and oxygen atoms in total. The Bertz CT molecular complexity index is 446. The second kappa shape index (κ2) is 8.30. The molecule has 0 aromatic heterocycles. The van der Waals surface area contributed by atoms with E-state index in [1.165, 1.54) is 0 Å². The second-order valence-electron chi connectivity index (χ2n) is 4.93. The lowest BCUT2D eigenvalue weighted by Crippen LogP contribution is -2.28. The minimum atomic E-state index is -3.17. The summed E-state index contributed by atoms with van der Waals surface area (Å²) in [6.07, 6.45) is 2.34. The average Bonchev–Trinajstić information content (AvgIpc) is 2.42. The van der Waals surface area contributed by atoms with E-state index in [1.54, 1.807) is 0 Å². The van der Waals surface area contributed by atoms with Crippen LogP contribution in [0.3, 0.4) is 0 Å². The van der Waals surface area contributed by atoms with Crippen LogP contribution in [0.25, 0.3) is 0 Å². The summed E-state index contributed by atoms with van der Waals surface area (Å²) in [5.41, 5.74) is 6.56. The quantitative estimate of drug-likeness (QED) is 0.675. The maximum Gasteiger partial charge on any atom is 0.211 e. The van der Waals surface area contributed by atoms with Gasteiger partial charge in [-0.15, -0.1) is 0 Å². The number of sulfonamides is 1. The fraction of sp³-hybridized carbons (Fsp3) is 0.571. The van der Waals surface area contributed by atoms with Crippen LogP contribution in [-0.4, -0.2) is 27.3 Å². The lowest BCUT2D eigenvalue weighted by Gasteiger charge is -2.09. The molecule has 0 saturated carbocycles. The molecular formula is C14H24N2O2S. The maximum atomic E-state index is 11.8. The standard InChI is InChI=1S/C14H24N2O2S/c1-13(12-15)6-5-10-16-19(17,18)11-9-14-7-3-2-4-8-14/h2-4,7-8,13,16H,5-6,9-12,15H2,1H3. The highest BCUT2D eigenvalue weighted by molar-refractivity contribution is 7.89. The van der Waals surface area contributed by atoms with Gasteiger partial charge >= 0.3 is 0 Å². The van der Waals surface area contributed by atoms with Crippen LogP contribution in [0.2, 0.25) is 0 Å². The molecule has 0 aliphatic rings. The van der Waals surface area contributed by atoms with Gasteiger partial charge in [-0.05, 0) is 37.3 Å². The Kier molecular flexibility index (Phi) is 7.05. The van der Waals surface area contributed by atoms with Gasteiger partial charge in [-0.1, -0.05) is 37.3 Å². The van der Waals surface area contributed by atoms with E-state index < -0.39 is 10.0 Å². The number of benzene rings is 1. The zero-order valence-electron chi connectivity index (χ0n) is 11.5. The predicted molar refractivity (Wildman–Crippen MR) is 79.4 cm³/mol. The SMILES string of the molecule is CC(CN)CCCNS(=O)(=O)CCc1ccccc1. The smallest absolute Gasteiger partial charge is 0.211 e. The first kappa shape index (κ1) is 16.1. The number of nitrogens with one attached hydrogen (secondary N) is 1. The molecule has 5 heteroatoms. The van der Waals surface area contributed by atoms with E-state index in [0.29, 0.717) is 25.4 Å². The van der Waals surface area contributed by atoms with Crippen LogP contribution in [-0.2, 0) is 16.4 Å². The molecule has 0 saturated heterocycles. The summed E-state index contributed by atoms with van der Waals surface area (Å²) >= 11 is 0. The third kappa shape index (κ3) is 7.30. The number of rotatable bonds is 9. The van der Waals surface area contributed by atoms with Crippen molar-refractivity contribution >= 4 is 10.0 Å². The van der Waals surface area contributed by atoms with Gasteiger partial charge < -0.3 is 5.73 Å². The van der Waals surface area contributed by atoms with Gasteiger partial charge in [0.2, 0.25) is 10.0 Å². The monoisotopic (exact) mass is 284 g/mol. The predicted octanol–water partition coefficient (Wildman–Crippen LogP) is 1.52. The van der Waals surface area contributed by atoms with Crippen molar-refractivity contribution in [3.63, 3.8) is 0 Å². The highest BCUT2D eigenvalue weighted by Gasteiger charge is 2.09. The Balaban J connectivity index is 2.25. The molecule has 108 valence electrons. The lowest BCUT2D eigenvalue weighted by molar-refractivity contribution is 0.513. The summed E-state index contributed by atoms with van der Waals surface area (Å²) in [5.74, 6) is 0.595. The van der Waals surface area contributed by atoms with Crippen LogP contribution in [0.1, 0.15) is 25.3 Å². The van der Waals surface area contributed by atoms with Crippen LogP contribution >= 0.6 is 0 Å². The van der Waals surface area contributed by atoms with Gasteiger partial charge in [0, 0.05) is 6.54 Å². The Hall–Kier alpha value is -0.910. The van der Waals surface area contributed by atoms with E-state index in [4.69, 9.17) is 5.73 Å². The molecule has 0 radical (unpaired) electrons. The zero-order chi connectivity index (χ0) is 14.1. The summed E-state index contributed by atoms with van der Waals surface area (Å²) in [6, 6.07) is 9.65. The van der Waals surface area contributed by atoms with Crippen molar-refractivity contribution in [1.82, 2.24) is 4.72 Å². The molecule has 0 aliphatic heterocycles. The van der Waals surface area contributed by atoms with Gasteiger partial charge in [0.15, 0.2) is 0 Å². The van der Waals surface area contributed by atoms with Crippen LogP contribution in [0, 0.1) is 5.92 Å². The molecule has 1 atom stereocenters. The minimum absolute atomic E-state index is 0.142. The fourth-order valence-corrected chi connectivity index (χ4v) is 2.87. The van der Waals surface area contributed by atoms with E-state index >= 15 is 0 Å². The molecular weight excluding hydrogens is 260 g/mol. The third-order valence-corrected chi connectivity index (χ3v) is 4.49. The van der Waals surface area contributed by atoms with Gasteiger partial charge in [0.25, 0.3) is 0 Å². The van der Waals surface area contributed by atoms with E-state index in [2.05, 4.69) is 11.6 Å². The molecule has 3 N–H and O–H groups in total. The third-order valence-electron chi connectivity index (χ3n) is 3.10. The normalized spacial score (nSPS) is 13.4. The van der Waals surface area contributed by atoms with Gasteiger partial charge in [-0.2, -0.15) is 0 Å². The van der Waals surface area contributed by atoms with Crippen LogP contribution in [0.4, 0.5) is 0 Å². The highest BCUT2D eigenvalue weighted by Crippen LogP contribution is 2.04. The Morgan fingerprint density at radius 2 is 1.95 bits per heavy atom. The molecule has 1 aromatic rings. The van der Waals surface area contributed by atoms with Crippen LogP contribution in [0.5, 0.6) is 0 Å². The molecule has 0 spiro atoms. The van der Waals surface area contributed by atoms with Gasteiger partial charge in [0.05, 0.1) is 5.75 Å². The largest absolute Gasteiger partial charge is 0.330 e. The van der Waals surface area contributed by atoms with E-state index in [-0.39, 0.29) is 5.75 Å². The summed E-state index contributed by atoms with van der Waals surface area (Å²) in [4.78, 5) is 0. The average molecular weight is 284 g/mol. The second-order valence-corrected chi connectivity index (χ2v) is 6.86. The topological polar surface area (TPSA) is 72.2 Å². The zero-order valence-corrected chi connectivity index (χ0v) is 12.3. The Morgan fingerprint density at radius 3 is 2.58 bits per heavy atom. The lowest BCUT2D eigenvalue weighted by atomic mass is 10.1. The number of aryl methyl sites for hydroxylation is 1. The Morgan fingerprint density at radius 1 is 1.26 bits per heavy atom.